The van der Waals surface area contributed by atoms with Crippen LogP contribution in [0, 0.1) is 11.3 Å². The van der Waals surface area contributed by atoms with Crippen molar-refractivity contribution >= 4 is 5.82 Å². The monoisotopic (exact) mass is 275 g/mol. The first-order chi connectivity index (χ1) is 9.29. The molecule has 1 aromatic rings. The van der Waals surface area contributed by atoms with Gasteiger partial charge in [-0.3, -0.25) is 4.79 Å². The number of rotatable bonds is 1. The van der Waals surface area contributed by atoms with Crippen LogP contribution in [0.3, 0.4) is 0 Å². The van der Waals surface area contributed by atoms with Gasteiger partial charge in [0, 0.05) is 35.8 Å². The van der Waals surface area contributed by atoms with E-state index < -0.39 is 0 Å². The molecule has 0 unspecified atom stereocenters. The predicted octanol–water partition coefficient (Wildman–Crippen LogP) is 2.69. The van der Waals surface area contributed by atoms with E-state index in [1.165, 1.54) is 19.3 Å². The SMILES string of the molecule is C[C@H]1CCC2(C1)CN(c1ncc(C(C)(C)C)[nH]c1=O)C2. The Morgan fingerprint density at radius 2 is 2.10 bits per heavy atom. The molecule has 2 heterocycles. The number of anilines is 1. The molecule has 1 aromatic heterocycles. The van der Waals surface area contributed by atoms with Gasteiger partial charge >= 0.3 is 0 Å². The van der Waals surface area contributed by atoms with Crippen LogP contribution in [0.2, 0.25) is 0 Å². The summed E-state index contributed by atoms with van der Waals surface area (Å²) in [7, 11) is 0. The van der Waals surface area contributed by atoms with Crippen LogP contribution in [0.4, 0.5) is 5.82 Å². The van der Waals surface area contributed by atoms with Crippen molar-refractivity contribution in [3.8, 4) is 0 Å². The molecular weight excluding hydrogens is 250 g/mol. The molecule has 2 fully saturated rings. The van der Waals surface area contributed by atoms with Gasteiger partial charge < -0.3 is 9.88 Å². The summed E-state index contributed by atoms with van der Waals surface area (Å²) in [4.78, 5) is 21.8. The zero-order valence-electron chi connectivity index (χ0n) is 13.0. The molecule has 1 atom stereocenters. The van der Waals surface area contributed by atoms with Gasteiger partial charge in [-0.1, -0.05) is 34.1 Å². The second-order valence-electron chi connectivity index (χ2n) is 7.90. The highest BCUT2D eigenvalue weighted by molar-refractivity contribution is 5.42. The Kier molecular flexibility index (Phi) is 2.96. The molecule has 3 rings (SSSR count). The van der Waals surface area contributed by atoms with Crippen LogP contribution in [0.1, 0.15) is 52.7 Å². The molecule has 0 bridgehead atoms. The third-order valence-corrected chi connectivity index (χ3v) is 4.88. The van der Waals surface area contributed by atoms with E-state index in [0.29, 0.717) is 11.2 Å². The molecule has 0 amide bonds. The summed E-state index contributed by atoms with van der Waals surface area (Å²) in [6, 6.07) is 0. The molecule has 110 valence electrons. The number of hydrogen-bond donors (Lipinski definition) is 1. The van der Waals surface area contributed by atoms with Gasteiger partial charge in [0.05, 0.1) is 0 Å². The molecule has 1 saturated carbocycles. The Bertz CT molecular complexity index is 564. The standard InChI is InChI=1S/C16H25N3O/c1-11-5-6-16(7-11)9-19(10-16)13-14(20)18-12(8-17-13)15(2,3)4/h8,11H,5-7,9-10H2,1-4H3,(H,18,20)/t11-/m0/s1. The van der Waals surface area contributed by atoms with Crippen LogP contribution in [-0.2, 0) is 5.41 Å². The van der Waals surface area contributed by atoms with Crippen molar-refractivity contribution in [2.75, 3.05) is 18.0 Å². The quantitative estimate of drug-likeness (QED) is 0.857. The van der Waals surface area contributed by atoms with Crippen molar-refractivity contribution in [2.45, 2.75) is 52.4 Å². The molecule has 0 aromatic carbocycles. The molecule has 1 saturated heterocycles. The van der Waals surface area contributed by atoms with E-state index in [9.17, 15) is 4.79 Å². The average Bonchev–Trinajstić information content (AvgIpc) is 2.69. The molecule has 4 heteroatoms. The minimum absolute atomic E-state index is 0.0432. The Labute approximate surface area is 120 Å². The van der Waals surface area contributed by atoms with Crippen LogP contribution in [0.15, 0.2) is 11.0 Å². The number of H-pyrrole nitrogens is 1. The first-order valence-electron chi connectivity index (χ1n) is 7.64. The summed E-state index contributed by atoms with van der Waals surface area (Å²) in [5.41, 5.74) is 1.26. The van der Waals surface area contributed by atoms with Crippen LogP contribution < -0.4 is 10.5 Å². The molecule has 1 N–H and O–H groups in total. The molecule has 20 heavy (non-hydrogen) atoms. The van der Waals surface area contributed by atoms with E-state index in [-0.39, 0.29) is 11.0 Å². The fourth-order valence-corrected chi connectivity index (χ4v) is 3.70. The second-order valence-corrected chi connectivity index (χ2v) is 7.90. The van der Waals surface area contributed by atoms with Gasteiger partial charge in [-0.15, -0.1) is 0 Å². The third kappa shape index (κ3) is 2.25. The van der Waals surface area contributed by atoms with E-state index in [1.54, 1.807) is 0 Å². The minimum atomic E-state index is -0.0677. The smallest absolute Gasteiger partial charge is 0.291 e. The lowest BCUT2D eigenvalue weighted by molar-refractivity contribution is 0.212. The summed E-state index contributed by atoms with van der Waals surface area (Å²) in [6.07, 6.45) is 5.77. The first-order valence-corrected chi connectivity index (χ1v) is 7.64. The van der Waals surface area contributed by atoms with Gasteiger partial charge in [-0.25, -0.2) is 4.98 Å². The van der Waals surface area contributed by atoms with Crippen LogP contribution in [-0.4, -0.2) is 23.1 Å². The van der Waals surface area contributed by atoms with Crippen molar-refractivity contribution in [3.05, 3.63) is 22.2 Å². The Morgan fingerprint density at radius 1 is 1.40 bits per heavy atom. The fourth-order valence-electron chi connectivity index (χ4n) is 3.70. The van der Waals surface area contributed by atoms with Gasteiger partial charge in [0.1, 0.15) is 0 Å². The van der Waals surface area contributed by atoms with Crippen molar-refractivity contribution in [1.29, 1.82) is 0 Å². The Balaban J connectivity index is 1.76. The highest BCUT2D eigenvalue weighted by atomic mass is 16.1. The number of aromatic nitrogens is 2. The normalized spacial score (nSPS) is 25.0. The summed E-state index contributed by atoms with van der Waals surface area (Å²) < 4.78 is 0. The van der Waals surface area contributed by atoms with E-state index in [0.717, 1.165) is 24.7 Å². The van der Waals surface area contributed by atoms with E-state index >= 15 is 0 Å². The van der Waals surface area contributed by atoms with Crippen molar-refractivity contribution in [3.63, 3.8) is 0 Å². The predicted molar refractivity (Wildman–Crippen MR) is 81.2 cm³/mol. The Hall–Kier alpha value is -1.32. The van der Waals surface area contributed by atoms with Gasteiger partial charge in [0.25, 0.3) is 5.56 Å². The van der Waals surface area contributed by atoms with Crippen molar-refractivity contribution in [2.24, 2.45) is 11.3 Å². The third-order valence-electron chi connectivity index (χ3n) is 4.88. The van der Waals surface area contributed by atoms with E-state index in [2.05, 4.69) is 42.6 Å². The maximum Gasteiger partial charge on any atom is 0.291 e. The van der Waals surface area contributed by atoms with Gasteiger partial charge in [0.2, 0.25) is 0 Å². The van der Waals surface area contributed by atoms with E-state index in [4.69, 9.17) is 0 Å². The number of hydrogen-bond acceptors (Lipinski definition) is 3. The molecule has 2 aliphatic rings. The van der Waals surface area contributed by atoms with Gasteiger partial charge in [0.15, 0.2) is 5.82 Å². The number of nitrogens with one attached hydrogen (secondary N) is 1. The Morgan fingerprint density at radius 3 is 2.60 bits per heavy atom. The second kappa shape index (κ2) is 4.34. The van der Waals surface area contributed by atoms with Crippen LogP contribution in [0.25, 0.3) is 0 Å². The molecule has 1 spiro atoms. The highest BCUT2D eigenvalue weighted by Crippen LogP contribution is 2.48. The molecule has 1 aliphatic carbocycles. The van der Waals surface area contributed by atoms with Crippen LogP contribution >= 0.6 is 0 Å². The summed E-state index contributed by atoms with van der Waals surface area (Å²) >= 11 is 0. The first kappa shape index (κ1) is 13.7. The largest absolute Gasteiger partial charge is 0.351 e. The zero-order chi connectivity index (χ0) is 14.5. The van der Waals surface area contributed by atoms with E-state index in [1.807, 2.05) is 6.20 Å². The zero-order valence-corrected chi connectivity index (χ0v) is 13.0. The van der Waals surface area contributed by atoms with Gasteiger partial charge in [-0.05, 0) is 18.8 Å². The molecule has 4 nitrogen and oxygen atoms in total. The lowest BCUT2D eigenvalue weighted by Crippen LogP contribution is -2.57. The molecule has 1 aliphatic heterocycles. The topological polar surface area (TPSA) is 49.0 Å². The molecule has 0 radical (unpaired) electrons. The maximum atomic E-state index is 12.2. The highest BCUT2D eigenvalue weighted by Gasteiger charge is 2.47. The molecular formula is C16H25N3O. The van der Waals surface area contributed by atoms with Crippen molar-refractivity contribution < 1.29 is 0 Å². The lowest BCUT2D eigenvalue weighted by atomic mass is 9.77. The maximum absolute atomic E-state index is 12.2. The fraction of sp³-hybridized carbons (Fsp3) is 0.750. The number of nitrogens with zero attached hydrogens (tertiary/aromatic N) is 2. The van der Waals surface area contributed by atoms with Gasteiger partial charge in [-0.2, -0.15) is 0 Å². The summed E-state index contributed by atoms with van der Waals surface area (Å²) in [6.45, 7) is 10.6. The summed E-state index contributed by atoms with van der Waals surface area (Å²) in [5, 5.41) is 0. The summed E-state index contributed by atoms with van der Waals surface area (Å²) in [5.74, 6) is 1.44. The van der Waals surface area contributed by atoms with Crippen LogP contribution in [0.5, 0.6) is 0 Å². The van der Waals surface area contributed by atoms with Crippen molar-refractivity contribution in [1.82, 2.24) is 9.97 Å². The lowest BCUT2D eigenvalue weighted by Gasteiger charge is -2.48. The average molecular weight is 275 g/mol. The minimum Gasteiger partial charge on any atom is -0.351 e. The number of aromatic amines is 1.